The van der Waals surface area contributed by atoms with Gasteiger partial charge in [-0.3, -0.25) is 9.59 Å². The lowest BCUT2D eigenvalue weighted by molar-refractivity contribution is 0.0936. The van der Waals surface area contributed by atoms with Crippen molar-refractivity contribution in [3.05, 3.63) is 101 Å². The number of carbonyl (C=O) groups excluding carboxylic acids is 2. The van der Waals surface area contributed by atoms with E-state index in [2.05, 4.69) is 18.3 Å². The Morgan fingerprint density at radius 2 is 1.52 bits per heavy atom. The Morgan fingerprint density at radius 1 is 0.897 bits per heavy atom. The first-order valence-corrected chi connectivity index (χ1v) is 9.92. The van der Waals surface area contributed by atoms with Crippen molar-refractivity contribution in [3.63, 3.8) is 0 Å². The molecule has 2 amide bonds. The molecule has 29 heavy (non-hydrogen) atoms. The number of amides is 2. The van der Waals surface area contributed by atoms with Crippen LogP contribution in [0.4, 0.5) is 5.69 Å². The Balaban J connectivity index is 1.48. The minimum atomic E-state index is -0.153. The van der Waals surface area contributed by atoms with E-state index in [9.17, 15) is 9.59 Å². The third-order valence-electron chi connectivity index (χ3n) is 5.47. The largest absolute Gasteiger partial charge is 0.346 e. The third kappa shape index (κ3) is 3.79. The number of rotatable bonds is 4. The molecular formula is C25H24N2O2. The van der Waals surface area contributed by atoms with Gasteiger partial charge in [-0.2, -0.15) is 0 Å². The second kappa shape index (κ2) is 7.92. The van der Waals surface area contributed by atoms with Crippen LogP contribution in [0.25, 0.3) is 0 Å². The zero-order valence-electron chi connectivity index (χ0n) is 16.6. The summed E-state index contributed by atoms with van der Waals surface area (Å²) in [5.41, 5.74) is 4.34. The number of hydrogen-bond acceptors (Lipinski definition) is 2. The van der Waals surface area contributed by atoms with Gasteiger partial charge in [0, 0.05) is 22.9 Å². The van der Waals surface area contributed by atoms with E-state index in [1.807, 2.05) is 60.4 Å². The van der Waals surface area contributed by atoms with Gasteiger partial charge in [0.2, 0.25) is 0 Å². The van der Waals surface area contributed by atoms with Crippen LogP contribution in [-0.2, 0) is 6.42 Å². The van der Waals surface area contributed by atoms with Crippen LogP contribution < -0.4 is 10.2 Å². The fourth-order valence-electron chi connectivity index (χ4n) is 3.88. The summed E-state index contributed by atoms with van der Waals surface area (Å²) in [7, 11) is 0. The zero-order valence-corrected chi connectivity index (χ0v) is 16.6. The van der Waals surface area contributed by atoms with Crippen molar-refractivity contribution >= 4 is 17.5 Å². The van der Waals surface area contributed by atoms with Gasteiger partial charge >= 0.3 is 0 Å². The smallest absolute Gasteiger partial charge is 0.258 e. The number of hydrogen-bond donors (Lipinski definition) is 1. The van der Waals surface area contributed by atoms with Crippen molar-refractivity contribution in [3.8, 4) is 0 Å². The van der Waals surface area contributed by atoms with E-state index >= 15 is 0 Å². The molecule has 0 aromatic heterocycles. The molecule has 0 fully saturated rings. The van der Waals surface area contributed by atoms with Gasteiger partial charge in [0.25, 0.3) is 11.8 Å². The second-order valence-corrected chi connectivity index (χ2v) is 7.54. The van der Waals surface area contributed by atoms with Crippen LogP contribution in [-0.4, -0.2) is 17.9 Å². The van der Waals surface area contributed by atoms with Gasteiger partial charge in [-0.05, 0) is 61.7 Å². The van der Waals surface area contributed by atoms with Gasteiger partial charge in [-0.15, -0.1) is 0 Å². The molecule has 1 N–H and O–H groups in total. The maximum atomic E-state index is 13.1. The molecule has 1 aliphatic rings. The number of para-hydroxylation sites is 1. The quantitative estimate of drug-likeness (QED) is 0.704. The van der Waals surface area contributed by atoms with Gasteiger partial charge in [-0.1, -0.05) is 48.5 Å². The van der Waals surface area contributed by atoms with E-state index in [1.54, 1.807) is 24.3 Å². The number of nitrogens with zero attached hydrogens (tertiary/aromatic N) is 1. The van der Waals surface area contributed by atoms with Crippen LogP contribution in [0, 0.1) is 0 Å². The van der Waals surface area contributed by atoms with Crippen LogP contribution in [0.3, 0.4) is 0 Å². The van der Waals surface area contributed by atoms with Gasteiger partial charge in [-0.25, -0.2) is 0 Å². The van der Waals surface area contributed by atoms with Crippen LogP contribution in [0.1, 0.15) is 51.7 Å². The molecule has 1 heterocycles. The molecule has 3 aromatic rings. The van der Waals surface area contributed by atoms with Crippen LogP contribution in [0.15, 0.2) is 78.9 Å². The van der Waals surface area contributed by atoms with Crippen molar-refractivity contribution in [1.82, 2.24) is 5.32 Å². The Hall–Kier alpha value is -3.40. The lowest BCUT2D eigenvalue weighted by atomic mass is 10.1. The Kier molecular flexibility index (Phi) is 5.17. The summed E-state index contributed by atoms with van der Waals surface area (Å²) in [5.74, 6) is -0.188. The SMILES string of the molecule is CC(NC(=O)c1ccc(C(=O)N2c3ccccc3CC2C)cc1)c1ccccc1. The Morgan fingerprint density at radius 3 is 2.24 bits per heavy atom. The summed E-state index contributed by atoms with van der Waals surface area (Å²) in [4.78, 5) is 27.5. The molecule has 0 saturated heterocycles. The van der Waals surface area contributed by atoms with E-state index in [4.69, 9.17) is 0 Å². The fourth-order valence-corrected chi connectivity index (χ4v) is 3.88. The number of benzene rings is 3. The summed E-state index contributed by atoms with van der Waals surface area (Å²) in [6, 6.07) is 24.8. The average molecular weight is 384 g/mol. The molecule has 0 bridgehead atoms. The molecule has 0 spiro atoms. The van der Waals surface area contributed by atoms with Crippen molar-refractivity contribution < 1.29 is 9.59 Å². The van der Waals surface area contributed by atoms with Crippen molar-refractivity contribution in [2.24, 2.45) is 0 Å². The molecule has 0 radical (unpaired) electrons. The zero-order chi connectivity index (χ0) is 20.4. The van der Waals surface area contributed by atoms with Crippen LogP contribution in [0.2, 0.25) is 0 Å². The summed E-state index contributed by atoms with van der Waals surface area (Å²) < 4.78 is 0. The van der Waals surface area contributed by atoms with E-state index in [1.165, 1.54) is 5.56 Å². The Bertz CT molecular complexity index is 1030. The molecule has 3 aromatic carbocycles. The first-order chi connectivity index (χ1) is 14.0. The van der Waals surface area contributed by atoms with Crippen LogP contribution >= 0.6 is 0 Å². The predicted molar refractivity (Wildman–Crippen MR) is 115 cm³/mol. The Labute approximate surface area is 171 Å². The van der Waals surface area contributed by atoms with E-state index in [-0.39, 0.29) is 23.9 Å². The van der Waals surface area contributed by atoms with Gasteiger partial charge in [0.15, 0.2) is 0 Å². The summed E-state index contributed by atoms with van der Waals surface area (Å²) >= 11 is 0. The molecular weight excluding hydrogens is 360 g/mol. The molecule has 2 unspecified atom stereocenters. The molecule has 2 atom stereocenters. The van der Waals surface area contributed by atoms with Gasteiger partial charge < -0.3 is 10.2 Å². The first-order valence-electron chi connectivity index (χ1n) is 9.92. The normalized spacial score (nSPS) is 16.2. The molecule has 1 aliphatic heterocycles. The molecule has 4 rings (SSSR count). The van der Waals surface area contributed by atoms with Crippen molar-refractivity contribution in [2.75, 3.05) is 4.90 Å². The average Bonchev–Trinajstić information content (AvgIpc) is 3.09. The van der Waals surface area contributed by atoms with Crippen molar-refractivity contribution in [1.29, 1.82) is 0 Å². The highest BCUT2D eigenvalue weighted by molar-refractivity contribution is 6.08. The predicted octanol–water partition coefficient (Wildman–Crippen LogP) is 4.77. The summed E-state index contributed by atoms with van der Waals surface area (Å²) in [6.45, 7) is 4.02. The topological polar surface area (TPSA) is 49.4 Å². The third-order valence-corrected chi connectivity index (χ3v) is 5.47. The summed E-state index contributed by atoms with van der Waals surface area (Å²) in [6.07, 6.45) is 0.861. The molecule has 4 nitrogen and oxygen atoms in total. The summed E-state index contributed by atoms with van der Waals surface area (Å²) in [5, 5.41) is 3.00. The maximum absolute atomic E-state index is 13.1. The minimum Gasteiger partial charge on any atom is -0.346 e. The highest BCUT2D eigenvalue weighted by Crippen LogP contribution is 2.33. The molecule has 0 aliphatic carbocycles. The van der Waals surface area contributed by atoms with Gasteiger partial charge in [0.1, 0.15) is 0 Å². The number of nitrogens with one attached hydrogen (secondary N) is 1. The monoisotopic (exact) mass is 384 g/mol. The first kappa shape index (κ1) is 18.9. The van der Waals surface area contributed by atoms with Crippen molar-refractivity contribution in [2.45, 2.75) is 32.4 Å². The lowest BCUT2D eigenvalue weighted by Gasteiger charge is -2.23. The molecule has 146 valence electrons. The highest BCUT2D eigenvalue weighted by Gasteiger charge is 2.31. The fraction of sp³-hybridized carbons (Fsp3) is 0.200. The standard InChI is InChI=1S/C25H24N2O2/c1-17-16-22-10-6-7-11-23(22)27(17)25(29)21-14-12-20(13-15-21)24(28)26-18(2)19-8-4-3-5-9-19/h3-15,17-18H,16H2,1-2H3,(H,26,28). The lowest BCUT2D eigenvalue weighted by Crippen LogP contribution is -2.35. The highest BCUT2D eigenvalue weighted by atomic mass is 16.2. The maximum Gasteiger partial charge on any atom is 0.258 e. The molecule has 4 heteroatoms. The van der Waals surface area contributed by atoms with Gasteiger partial charge in [0.05, 0.1) is 6.04 Å². The van der Waals surface area contributed by atoms with E-state index in [0.29, 0.717) is 11.1 Å². The number of anilines is 1. The minimum absolute atomic E-state index is 0.0351. The number of carbonyl (C=O) groups is 2. The van der Waals surface area contributed by atoms with E-state index in [0.717, 1.165) is 17.7 Å². The second-order valence-electron chi connectivity index (χ2n) is 7.54. The van der Waals surface area contributed by atoms with E-state index < -0.39 is 0 Å². The molecule has 0 saturated carbocycles. The van der Waals surface area contributed by atoms with Crippen LogP contribution in [0.5, 0.6) is 0 Å². The number of fused-ring (bicyclic) bond motifs is 1.